The van der Waals surface area contributed by atoms with Gasteiger partial charge in [0.1, 0.15) is 12.6 Å². The summed E-state index contributed by atoms with van der Waals surface area (Å²) in [7, 11) is -0.0504. The van der Waals surface area contributed by atoms with Crippen LogP contribution in [0, 0.1) is 11.3 Å². The lowest BCUT2D eigenvalue weighted by molar-refractivity contribution is -0.123. The second-order valence-corrected chi connectivity index (χ2v) is 11.4. The smallest absolute Gasteiger partial charge is 0.210 e. The molecule has 0 aromatic heterocycles. The molecule has 5 atom stereocenters. The Labute approximate surface area is 187 Å². The molecule has 2 unspecified atom stereocenters. The molecule has 0 bridgehead atoms. The van der Waals surface area contributed by atoms with Crippen LogP contribution in [0.4, 0.5) is 0 Å². The summed E-state index contributed by atoms with van der Waals surface area (Å²) >= 11 is 0. The highest BCUT2D eigenvalue weighted by Crippen LogP contribution is 2.35. The van der Waals surface area contributed by atoms with E-state index in [2.05, 4.69) is 38.8 Å². The first kappa shape index (κ1) is 25.0. The van der Waals surface area contributed by atoms with Crippen molar-refractivity contribution in [2.24, 2.45) is 11.3 Å². The van der Waals surface area contributed by atoms with Gasteiger partial charge in [-0.05, 0) is 29.7 Å². The minimum atomic E-state index is -0.250. The number of carbonyl (C=O) groups excluding carboxylic acids is 4. The van der Waals surface area contributed by atoms with Gasteiger partial charge in [-0.1, -0.05) is 57.0 Å². The van der Waals surface area contributed by atoms with Gasteiger partial charge in [0.2, 0.25) is 12.8 Å². The summed E-state index contributed by atoms with van der Waals surface area (Å²) in [6.45, 7) is 7.82. The standard InChI is InChI=1S/C14H17NO2S.C10H17NO2/c1-18(10-12-5-3-2-4-6-12)14-7-13(9-16)15(8-14)11-17;1-10(2,3)8-4-9(6-12)11(5-8)7-13/h2-6,9,11,13-14H,1,7-8,10H2;6-9H,4-5H2,1-3H3/t13-,14+,18?;8-,9?/m01/s1. The largest absolute Gasteiger partial charge is 0.335 e. The molecular weight excluding hydrogens is 412 g/mol. The maximum atomic E-state index is 10.9. The van der Waals surface area contributed by atoms with E-state index < -0.39 is 0 Å². The number of hydrogen-bond acceptors (Lipinski definition) is 4. The number of carbonyl (C=O) groups is 4. The molecule has 2 saturated heterocycles. The van der Waals surface area contributed by atoms with Crippen molar-refractivity contribution in [2.45, 2.75) is 56.7 Å². The summed E-state index contributed by atoms with van der Waals surface area (Å²) in [4.78, 5) is 46.2. The van der Waals surface area contributed by atoms with Gasteiger partial charge in [0, 0.05) is 24.1 Å². The molecule has 2 heterocycles. The maximum absolute atomic E-state index is 10.9. The van der Waals surface area contributed by atoms with Crippen LogP contribution in [0.3, 0.4) is 0 Å². The number of nitrogens with zero attached hydrogens (tertiary/aromatic N) is 2. The van der Waals surface area contributed by atoms with Crippen LogP contribution in [-0.4, -0.2) is 71.5 Å². The molecule has 7 heteroatoms. The highest BCUT2D eigenvalue weighted by molar-refractivity contribution is 8.14. The van der Waals surface area contributed by atoms with Crippen molar-refractivity contribution in [1.82, 2.24) is 9.80 Å². The molecule has 1 aromatic rings. The summed E-state index contributed by atoms with van der Waals surface area (Å²) in [6.07, 6.45) is 4.87. The first-order valence-electron chi connectivity index (χ1n) is 10.6. The molecule has 0 spiro atoms. The lowest BCUT2D eigenvalue weighted by atomic mass is 9.79. The van der Waals surface area contributed by atoms with Gasteiger partial charge in [0.15, 0.2) is 0 Å². The fourth-order valence-corrected chi connectivity index (χ4v) is 5.73. The number of aldehydes is 2. The number of likely N-dealkylation sites (tertiary alicyclic amines) is 2. The van der Waals surface area contributed by atoms with E-state index in [-0.39, 0.29) is 28.0 Å². The fraction of sp³-hybridized carbons (Fsp3) is 0.542. The molecule has 0 saturated carbocycles. The van der Waals surface area contributed by atoms with E-state index in [1.54, 1.807) is 9.80 Å². The van der Waals surface area contributed by atoms with E-state index in [1.807, 2.05) is 18.2 Å². The molecule has 0 radical (unpaired) electrons. The van der Waals surface area contributed by atoms with E-state index in [0.29, 0.717) is 17.7 Å². The zero-order chi connectivity index (χ0) is 23.0. The van der Waals surface area contributed by atoms with Crippen LogP contribution < -0.4 is 0 Å². The number of hydrogen-bond donors (Lipinski definition) is 0. The predicted molar refractivity (Wildman–Crippen MR) is 126 cm³/mol. The molecule has 2 amide bonds. The van der Waals surface area contributed by atoms with Crippen molar-refractivity contribution < 1.29 is 19.2 Å². The summed E-state index contributed by atoms with van der Waals surface area (Å²) in [5.74, 6) is 5.58. The molecule has 3 rings (SSSR count). The quantitative estimate of drug-likeness (QED) is 0.477. The van der Waals surface area contributed by atoms with Crippen LogP contribution in [0.2, 0.25) is 0 Å². The third-order valence-corrected chi connectivity index (χ3v) is 8.19. The van der Waals surface area contributed by atoms with E-state index >= 15 is 0 Å². The van der Waals surface area contributed by atoms with Crippen LogP contribution in [0.25, 0.3) is 0 Å². The Morgan fingerprint density at radius 2 is 1.48 bits per heavy atom. The number of benzene rings is 1. The van der Waals surface area contributed by atoms with Crippen molar-refractivity contribution in [1.29, 1.82) is 0 Å². The van der Waals surface area contributed by atoms with Crippen LogP contribution in [0.5, 0.6) is 0 Å². The van der Waals surface area contributed by atoms with Crippen molar-refractivity contribution in [2.75, 3.05) is 13.1 Å². The number of rotatable bonds is 7. The summed E-state index contributed by atoms with van der Waals surface area (Å²) < 4.78 is 0. The molecule has 2 aliphatic rings. The van der Waals surface area contributed by atoms with E-state index in [1.165, 1.54) is 5.56 Å². The monoisotopic (exact) mass is 446 g/mol. The van der Waals surface area contributed by atoms with Crippen molar-refractivity contribution in [3.8, 4) is 0 Å². The first-order chi connectivity index (χ1) is 14.7. The summed E-state index contributed by atoms with van der Waals surface area (Å²) in [6, 6.07) is 9.78. The average molecular weight is 447 g/mol. The van der Waals surface area contributed by atoms with Crippen molar-refractivity contribution in [3.05, 3.63) is 35.9 Å². The van der Waals surface area contributed by atoms with Gasteiger partial charge in [-0.3, -0.25) is 9.59 Å². The molecule has 2 fully saturated rings. The minimum absolute atomic E-state index is 0.0504. The van der Waals surface area contributed by atoms with Gasteiger partial charge in [-0.25, -0.2) is 0 Å². The third kappa shape index (κ3) is 6.86. The lowest BCUT2D eigenvalue weighted by Crippen LogP contribution is -2.29. The highest BCUT2D eigenvalue weighted by Gasteiger charge is 2.37. The Morgan fingerprint density at radius 3 is 1.94 bits per heavy atom. The Bertz CT molecular complexity index is 746. The summed E-state index contributed by atoms with van der Waals surface area (Å²) in [5.41, 5.74) is 1.45. The van der Waals surface area contributed by atoms with Crippen molar-refractivity contribution >= 4 is 41.7 Å². The van der Waals surface area contributed by atoms with E-state index in [0.717, 1.165) is 50.5 Å². The van der Waals surface area contributed by atoms with E-state index in [9.17, 15) is 19.2 Å². The topological polar surface area (TPSA) is 74.8 Å². The van der Waals surface area contributed by atoms with Gasteiger partial charge in [-0.15, -0.1) is 0 Å². The van der Waals surface area contributed by atoms with Crippen LogP contribution in [0.15, 0.2) is 30.3 Å². The molecular formula is C24H34N2O4S. The van der Waals surface area contributed by atoms with Gasteiger partial charge in [0.05, 0.1) is 12.1 Å². The second-order valence-electron chi connectivity index (χ2n) is 9.34. The summed E-state index contributed by atoms with van der Waals surface area (Å²) in [5, 5.41) is 0.339. The Kier molecular flexibility index (Phi) is 9.16. The molecule has 6 nitrogen and oxygen atoms in total. The maximum Gasteiger partial charge on any atom is 0.210 e. The van der Waals surface area contributed by atoms with Crippen molar-refractivity contribution in [3.63, 3.8) is 0 Å². The van der Waals surface area contributed by atoms with Gasteiger partial charge < -0.3 is 19.4 Å². The first-order valence-corrected chi connectivity index (χ1v) is 12.2. The zero-order valence-corrected chi connectivity index (χ0v) is 19.5. The molecule has 1 aromatic carbocycles. The Morgan fingerprint density at radius 1 is 0.935 bits per heavy atom. The molecule has 0 N–H and O–H groups in total. The van der Waals surface area contributed by atoms with Gasteiger partial charge in [-0.2, -0.15) is 10.5 Å². The SMILES string of the molecule is C=S(Cc1ccccc1)[C@@H]1C[C@@H](C=O)N(C=O)C1.CC(C)(C)[C@@H]1CC(C=O)N(C=O)C1. The zero-order valence-electron chi connectivity index (χ0n) is 18.7. The van der Waals surface area contributed by atoms with Gasteiger partial charge in [0.25, 0.3) is 0 Å². The van der Waals surface area contributed by atoms with Crippen LogP contribution in [0.1, 0.15) is 39.2 Å². The van der Waals surface area contributed by atoms with Crippen LogP contribution >= 0.6 is 10.5 Å². The average Bonchev–Trinajstić information content (AvgIpc) is 3.38. The predicted octanol–water partition coefficient (Wildman–Crippen LogP) is 2.76. The Balaban J connectivity index is 0.000000233. The highest BCUT2D eigenvalue weighted by atomic mass is 32.2. The fourth-order valence-electron chi connectivity index (χ4n) is 4.03. The Hall–Kier alpha value is -2.28. The second kappa shape index (κ2) is 11.4. The van der Waals surface area contributed by atoms with E-state index in [4.69, 9.17) is 0 Å². The molecule has 31 heavy (non-hydrogen) atoms. The van der Waals surface area contributed by atoms with Gasteiger partial charge >= 0.3 is 0 Å². The lowest BCUT2D eigenvalue weighted by Gasteiger charge is -2.26. The molecule has 2 aliphatic heterocycles. The van der Waals surface area contributed by atoms with Crippen LogP contribution in [-0.2, 0) is 24.9 Å². The number of amides is 2. The minimum Gasteiger partial charge on any atom is -0.335 e. The third-order valence-electron chi connectivity index (χ3n) is 6.20. The molecule has 170 valence electrons. The normalized spacial score (nSPS) is 26.5. The molecule has 0 aliphatic carbocycles.